The lowest BCUT2D eigenvalue weighted by atomic mass is 10.2. The number of aromatic amines is 1. The van der Waals surface area contributed by atoms with Crippen LogP contribution in [-0.4, -0.2) is 22.6 Å². The molecule has 2 N–H and O–H groups in total. The van der Waals surface area contributed by atoms with Crippen LogP contribution >= 0.6 is 0 Å². The first-order valence-corrected chi connectivity index (χ1v) is 6.76. The van der Waals surface area contributed by atoms with Gasteiger partial charge >= 0.3 is 5.91 Å². The topological polar surface area (TPSA) is 87.0 Å². The number of carbonyl (C=O) groups is 1. The summed E-state index contributed by atoms with van der Waals surface area (Å²) in [5, 5.41) is 17.7. The number of nitrogens with zero attached hydrogens (tertiary/aromatic N) is 2. The minimum absolute atomic E-state index is 0.165. The Bertz CT molecular complexity index is 872. The summed E-state index contributed by atoms with van der Waals surface area (Å²) < 4.78 is 17.9. The molecule has 6 nitrogen and oxygen atoms in total. The maximum absolute atomic E-state index is 12.7. The third-order valence-corrected chi connectivity index (χ3v) is 3.10. The molecule has 2 aromatic carbocycles. The molecule has 116 valence electrons. The number of nitrogens with one attached hydrogen (secondary N) is 1. The van der Waals surface area contributed by atoms with Crippen molar-refractivity contribution in [2.24, 2.45) is 10.2 Å². The highest BCUT2D eigenvalue weighted by Gasteiger charge is 2.10. The zero-order valence-corrected chi connectivity index (χ0v) is 11.9. The number of aromatic hydroxyl groups is 1. The molecule has 23 heavy (non-hydrogen) atoms. The number of amides is 1. The molecule has 1 aromatic heterocycles. The van der Waals surface area contributed by atoms with Crippen LogP contribution in [0.25, 0.3) is 10.9 Å². The second-order valence-corrected chi connectivity index (χ2v) is 4.70. The first kappa shape index (κ1) is 14.7. The maximum Gasteiger partial charge on any atom is 0.302 e. The monoisotopic (exact) mass is 313 g/mol. The second kappa shape index (κ2) is 6.27. The molecule has 0 bridgehead atoms. The van der Waals surface area contributed by atoms with Gasteiger partial charge in [0.25, 0.3) is 0 Å². The summed E-state index contributed by atoms with van der Waals surface area (Å²) in [7, 11) is 0. The molecule has 1 heterocycles. The van der Waals surface area contributed by atoms with E-state index in [-0.39, 0.29) is 18.2 Å². The first-order chi connectivity index (χ1) is 11.1. The van der Waals surface area contributed by atoms with Crippen LogP contribution in [0.5, 0.6) is 11.6 Å². The van der Waals surface area contributed by atoms with Crippen molar-refractivity contribution in [1.29, 1.82) is 0 Å². The summed E-state index contributed by atoms with van der Waals surface area (Å²) in [6, 6.07) is 12.4. The number of ether oxygens (including phenoxy) is 1. The van der Waals surface area contributed by atoms with Gasteiger partial charge in [-0.25, -0.2) is 4.39 Å². The largest absolute Gasteiger partial charge is 0.493 e. The van der Waals surface area contributed by atoms with E-state index in [9.17, 15) is 14.3 Å². The molecular formula is C16H12FN3O3. The van der Waals surface area contributed by atoms with Gasteiger partial charge in [-0.2, -0.15) is 0 Å². The van der Waals surface area contributed by atoms with Crippen molar-refractivity contribution in [3.8, 4) is 11.6 Å². The van der Waals surface area contributed by atoms with Crippen molar-refractivity contribution in [2.75, 3.05) is 6.61 Å². The van der Waals surface area contributed by atoms with Gasteiger partial charge in [0.15, 0.2) is 12.3 Å². The molecular weight excluding hydrogens is 301 g/mol. The highest BCUT2D eigenvalue weighted by Crippen LogP contribution is 2.35. The third-order valence-electron chi connectivity index (χ3n) is 3.10. The number of para-hydroxylation sites is 1. The number of azo groups is 1. The van der Waals surface area contributed by atoms with Crippen LogP contribution < -0.4 is 4.74 Å². The number of fused-ring (bicyclic) bond motifs is 1. The summed E-state index contributed by atoms with van der Waals surface area (Å²) in [6.45, 7) is -0.335. The van der Waals surface area contributed by atoms with Crippen LogP contribution in [0.15, 0.2) is 58.8 Å². The average molecular weight is 313 g/mol. The van der Waals surface area contributed by atoms with Crippen molar-refractivity contribution >= 4 is 22.5 Å². The number of hydrogen-bond acceptors (Lipinski definition) is 4. The SMILES string of the molecule is O=C(COc1ccc(F)cc1)N=Nc1c(O)[nH]c2ccccc12. The lowest BCUT2D eigenvalue weighted by molar-refractivity contribution is -0.120. The highest BCUT2D eigenvalue weighted by atomic mass is 19.1. The van der Waals surface area contributed by atoms with Gasteiger partial charge in [0, 0.05) is 5.39 Å². The normalized spacial score (nSPS) is 11.2. The Balaban J connectivity index is 1.68. The van der Waals surface area contributed by atoms with Gasteiger partial charge in [-0.15, -0.1) is 10.2 Å². The zero-order chi connectivity index (χ0) is 16.2. The third kappa shape index (κ3) is 3.34. The van der Waals surface area contributed by atoms with Gasteiger partial charge in [-0.05, 0) is 30.3 Å². The van der Waals surface area contributed by atoms with Crippen molar-refractivity contribution in [2.45, 2.75) is 0 Å². The second-order valence-electron chi connectivity index (χ2n) is 4.70. The minimum atomic E-state index is -0.626. The predicted octanol–water partition coefficient (Wildman–Crippen LogP) is 3.70. The minimum Gasteiger partial charge on any atom is -0.493 e. The van der Waals surface area contributed by atoms with Crippen molar-refractivity contribution in [3.05, 3.63) is 54.3 Å². The molecule has 0 aliphatic carbocycles. The molecule has 0 spiro atoms. The fourth-order valence-corrected chi connectivity index (χ4v) is 2.02. The van der Waals surface area contributed by atoms with Gasteiger partial charge in [-0.3, -0.25) is 4.79 Å². The first-order valence-electron chi connectivity index (χ1n) is 6.76. The Morgan fingerprint density at radius 3 is 2.70 bits per heavy atom. The van der Waals surface area contributed by atoms with Gasteiger partial charge in [0.2, 0.25) is 5.88 Å². The molecule has 0 saturated carbocycles. The average Bonchev–Trinajstić information content (AvgIpc) is 2.87. The number of benzene rings is 2. The molecule has 1 amide bonds. The molecule has 0 atom stereocenters. The quantitative estimate of drug-likeness (QED) is 0.720. The van der Waals surface area contributed by atoms with Crippen LogP contribution in [0.3, 0.4) is 0 Å². The van der Waals surface area contributed by atoms with Crippen LogP contribution in [0.2, 0.25) is 0 Å². The van der Waals surface area contributed by atoms with Crippen molar-refractivity contribution in [1.82, 2.24) is 4.98 Å². The number of rotatable bonds is 4. The van der Waals surface area contributed by atoms with Gasteiger partial charge in [0.05, 0.1) is 5.52 Å². The van der Waals surface area contributed by atoms with Crippen molar-refractivity contribution < 1.29 is 19.0 Å². The molecule has 0 unspecified atom stereocenters. The van der Waals surface area contributed by atoms with Crippen molar-refractivity contribution in [3.63, 3.8) is 0 Å². The van der Waals surface area contributed by atoms with Crippen LogP contribution in [-0.2, 0) is 4.79 Å². The highest BCUT2D eigenvalue weighted by molar-refractivity contribution is 5.94. The molecule has 0 aliphatic heterocycles. The standard InChI is InChI=1S/C16H12FN3O3/c17-10-5-7-11(8-6-10)23-9-14(21)19-20-15-12-3-1-2-4-13(12)18-16(15)22/h1-8,18,22H,9H2. The van der Waals surface area contributed by atoms with Gasteiger partial charge in [-0.1, -0.05) is 18.2 Å². The Labute approximate surface area is 130 Å². The summed E-state index contributed by atoms with van der Waals surface area (Å²) >= 11 is 0. The van der Waals surface area contributed by atoms with E-state index in [1.807, 2.05) is 0 Å². The predicted molar refractivity (Wildman–Crippen MR) is 81.4 cm³/mol. The van der Waals surface area contributed by atoms with E-state index in [0.717, 1.165) is 0 Å². The lowest BCUT2D eigenvalue weighted by Gasteiger charge is -2.02. The molecule has 0 aliphatic rings. The molecule has 0 radical (unpaired) electrons. The van der Waals surface area contributed by atoms with E-state index in [1.165, 1.54) is 24.3 Å². The van der Waals surface area contributed by atoms with E-state index >= 15 is 0 Å². The molecule has 0 fully saturated rings. The molecule has 0 saturated heterocycles. The molecule has 7 heteroatoms. The summed E-state index contributed by atoms with van der Waals surface area (Å²) in [5.41, 5.74) is 0.879. The summed E-state index contributed by atoms with van der Waals surface area (Å²) in [6.07, 6.45) is 0. The Morgan fingerprint density at radius 2 is 1.91 bits per heavy atom. The molecule has 3 rings (SSSR count). The van der Waals surface area contributed by atoms with Crippen LogP contribution in [0.1, 0.15) is 0 Å². The number of aromatic nitrogens is 1. The number of halogens is 1. The van der Waals surface area contributed by atoms with E-state index in [4.69, 9.17) is 4.74 Å². The number of carbonyl (C=O) groups excluding carboxylic acids is 1. The van der Waals surface area contributed by atoms with E-state index in [1.54, 1.807) is 24.3 Å². The summed E-state index contributed by atoms with van der Waals surface area (Å²) in [4.78, 5) is 14.4. The zero-order valence-electron chi connectivity index (χ0n) is 11.9. The number of H-pyrrole nitrogens is 1. The Morgan fingerprint density at radius 1 is 1.17 bits per heavy atom. The maximum atomic E-state index is 12.7. The van der Waals surface area contributed by atoms with Gasteiger partial charge in [0.1, 0.15) is 11.6 Å². The van der Waals surface area contributed by atoms with E-state index in [2.05, 4.69) is 15.2 Å². The molecule has 3 aromatic rings. The fraction of sp³-hybridized carbons (Fsp3) is 0.0625. The fourth-order valence-electron chi connectivity index (χ4n) is 2.02. The van der Waals surface area contributed by atoms with E-state index < -0.39 is 11.7 Å². The van der Waals surface area contributed by atoms with Gasteiger partial charge < -0.3 is 14.8 Å². The lowest BCUT2D eigenvalue weighted by Crippen LogP contribution is -2.07. The van der Waals surface area contributed by atoms with E-state index in [0.29, 0.717) is 16.7 Å². The summed E-state index contributed by atoms with van der Waals surface area (Å²) in [5.74, 6) is -0.829. The van der Waals surface area contributed by atoms with Crippen LogP contribution in [0, 0.1) is 5.82 Å². The smallest absolute Gasteiger partial charge is 0.302 e. The van der Waals surface area contributed by atoms with Crippen LogP contribution in [0.4, 0.5) is 10.1 Å². The number of hydrogen-bond donors (Lipinski definition) is 2. The Hall–Kier alpha value is -3.22. The Kier molecular flexibility index (Phi) is 4.01.